The third kappa shape index (κ3) is 3.53. The first-order chi connectivity index (χ1) is 9.81. The van der Waals surface area contributed by atoms with Crippen LogP contribution < -0.4 is 4.72 Å². The molecule has 1 fully saturated rings. The number of hydrogen-bond acceptors (Lipinski definition) is 4. The minimum absolute atomic E-state index is 0.216. The van der Waals surface area contributed by atoms with E-state index in [0.29, 0.717) is 18.9 Å². The topological polar surface area (TPSA) is 89.3 Å². The Kier molecular flexibility index (Phi) is 4.52. The van der Waals surface area contributed by atoms with E-state index in [0.717, 1.165) is 19.3 Å². The van der Waals surface area contributed by atoms with Gasteiger partial charge in [-0.15, -0.1) is 0 Å². The summed E-state index contributed by atoms with van der Waals surface area (Å²) in [5.74, 6) is -2.75. The first kappa shape index (κ1) is 15.8. The molecule has 9 heteroatoms. The Morgan fingerprint density at radius 1 is 1.14 bits per heavy atom. The molecule has 0 amide bonds. The molecule has 0 aromatic heterocycles. The molecule has 1 aliphatic carbocycles. The van der Waals surface area contributed by atoms with Gasteiger partial charge in [-0.05, 0) is 12.8 Å². The van der Waals surface area contributed by atoms with Crippen molar-refractivity contribution in [2.75, 3.05) is 0 Å². The van der Waals surface area contributed by atoms with Crippen molar-refractivity contribution in [3.63, 3.8) is 0 Å². The quantitative estimate of drug-likeness (QED) is 0.682. The second-order valence-corrected chi connectivity index (χ2v) is 6.63. The minimum Gasteiger partial charge on any atom is -0.258 e. The van der Waals surface area contributed by atoms with Crippen molar-refractivity contribution >= 4 is 15.7 Å². The molecular weight excluding hydrogens is 306 g/mol. The van der Waals surface area contributed by atoms with Crippen molar-refractivity contribution in [1.29, 1.82) is 0 Å². The average Bonchev–Trinajstić information content (AvgIpc) is 2.38. The standard InChI is InChI=1S/C12H14F2N2O4S/c13-9-6-10(14)12(7-11(9)16(17)18)21(19,20)15-8-4-2-1-3-5-8/h6-8,15H,1-5H2. The molecular formula is C12H14F2N2O4S. The van der Waals surface area contributed by atoms with E-state index in [1.54, 1.807) is 0 Å². The zero-order valence-corrected chi connectivity index (χ0v) is 11.8. The van der Waals surface area contributed by atoms with Gasteiger partial charge in [-0.25, -0.2) is 17.5 Å². The van der Waals surface area contributed by atoms with E-state index in [4.69, 9.17) is 0 Å². The molecule has 1 aromatic rings. The van der Waals surface area contributed by atoms with Crippen molar-refractivity contribution in [2.24, 2.45) is 0 Å². The summed E-state index contributed by atoms with van der Waals surface area (Å²) in [5, 5.41) is 10.6. The molecule has 0 unspecified atom stereocenters. The number of hydrogen-bond donors (Lipinski definition) is 1. The minimum atomic E-state index is -4.26. The zero-order valence-electron chi connectivity index (χ0n) is 11.0. The highest BCUT2D eigenvalue weighted by molar-refractivity contribution is 7.89. The molecule has 1 aromatic carbocycles. The summed E-state index contributed by atoms with van der Waals surface area (Å²) >= 11 is 0. The van der Waals surface area contributed by atoms with Crippen LogP contribution in [-0.2, 0) is 10.0 Å². The molecule has 0 bridgehead atoms. The third-order valence-corrected chi connectivity index (χ3v) is 4.95. The molecule has 1 saturated carbocycles. The molecule has 1 aliphatic rings. The summed E-state index contributed by atoms with van der Waals surface area (Å²) in [5.41, 5.74) is -1.07. The predicted molar refractivity (Wildman–Crippen MR) is 70.2 cm³/mol. The summed E-state index contributed by atoms with van der Waals surface area (Å²) in [6.07, 6.45) is 3.99. The molecule has 0 aliphatic heterocycles. The van der Waals surface area contributed by atoms with Crippen LogP contribution in [-0.4, -0.2) is 19.4 Å². The van der Waals surface area contributed by atoms with Crippen LogP contribution in [0.4, 0.5) is 14.5 Å². The van der Waals surface area contributed by atoms with Gasteiger partial charge in [0.25, 0.3) is 0 Å². The molecule has 1 N–H and O–H groups in total. The lowest BCUT2D eigenvalue weighted by Gasteiger charge is -2.22. The smallest absolute Gasteiger partial charge is 0.258 e. The van der Waals surface area contributed by atoms with Crippen LogP contribution in [0.15, 0.2) is 17.0 Å². The van der Waals surface area contributed by atoms with Gasteiger partial charge >= 0.3 is 5.69 Å². The molecule has 6 nitrogen and oxygen atoms in total. The number of benzene rings is 1. The molecule has 0 saturated heterocycles. The maximum atomic E-state index is 13.7. The number of rotatable bonds is 4. The fraction of sp³-hybridized carbons (Fsp3) is 0.500. The zero-order chi connectivity index (χ0) is 15.6. The fourth-order valence-electron chi connectivity index (χ4n) is 2.37. The van der Waals surface area contributed by atoms with Crippen molar-refractivity contribution < 1.29 is 22.1 Å². The van der Waals surface area contributed by atoms with E-state index < -0.39 is 37.2 Å². The number of nitro groups is 1. The fourth-order valence-corrected chi connectivity index (χ4v) is 3.75. The van der Waals surface area contributed by atoms with E-state index in [1.165, 1.54) is 0 Å². The van der Waals surface area contributed by atoms with Crippen LogP contribution in [0, 0.1) is 21.7 Å². The lowest BCUT2D eigenvalue weighted by Crippen LogP contribution is -2.36. The maximum Gasteiger partial charge on any atom is 0.306 e. The highest BCUT2D eigenvalue weighted by Gasteiger charge is 2.28. The highest BCUT2D eigenvalue weighted by Crippen LogP contribution is 2.26. The number of nitrogens with one attached hydrogen (secondary N) is 1. The normalized spacial score (nSPS) is 16.9. The van der Waals surface area contributed by atoms with Gasteiger partial charge in [0.15, 0.2) is 0 Å². The first-order valence-corrected chi connectivity index (χ1v) is 7.95. The summed E-state index contributed by atoms with van der Waals surface area (Å²) in [6.45, 7) is 0. The lowest BCUT2D eigenvalue weighted by molar-refractivity contribution is -0.387. The van der Waals surface area contributed by atoms with E-state index in [9.17, 15) is 27.3 Å². The van der Waals surface area contributed by atoms with Crippen molar-refractivity contribution in [2.45, 2.75) is 43.0 Å². The summed E-state index contributed by atoms with van der Waals surface area (Å²) in [4.78, 5) is 8.64. The second kappa shape index (κ2) is 6.02. The van der Waals surface area contributed by atoms with Gasteiger partial charge < -0.3 is 0 Å². The van der Waals surface area contributed by atoms with Crippen LogP contribution in [0.25, 0.3) is 0 Å². The van der Waals surface area contributed by atoms with Crippen molar-refractivity contribution in [3.05, 3.63) is 33.9 Å². The van der Waals surface area contributed by atoms with Gasteiger partial charge in [-0.1, -0.05) is 19.3 Å². The number of halogens is 2. The number of sulfonamides is 1. The summed E-state index contributed by atoms with van der Waals surface area (Å²) in [6, 6.07) is 0.302. The monoisotopic (exact) mass is 320 g/mol. The first-order valence-electron chi connectivity index (χ1n) is 6.47. The molecule has 0 heterocycles. The summed E-state index contributed by atoms with van der Waals surface area (Å²) < 4.78 is 53.4. The predicted octanol–water partition coefficient (Wildman–Crippen LogP) is 2.48. The Bertz CT molecular complexity index is 657. The van der Waals surface area contributed by atoms with Crippen molar-refractivity contribution in [3.8, 4) is 0 Å². The van der Waals surface area contributed by atoms with Crippen LogP contribution in [0.3, 0.4) is 0 Å². The highest BCUT2D eigenvalue weighted by atomic mass is 32.2. The van der Waals surface area contributed by atoms with E-state index in [1.807, 2.05) is 0 Å². The molecule has 0 radical (unpaired) electrons. The van der Waals surface area contributed by atoms with Crippen LogP contribution in [0.2, 0.25) is 0 Å². The number of nitro benzene ring substituents is 1. The largest absolute Gasteiger partial charge is 0.306 e. The average molecular weight is 320 g/mol. The number of nitrogens with zero attached hydrogens (tertiary/aromatic N) is 1. The molecule has 116 valence electrons. The Morgan fingerprint density at radius 3 is 2.33 bits per heavy atom. The third-order valence-electron chi connectivity index (χ3n) is 3.41. The molecule has 21 heavy (non-hydrogen) atoms. The van der Waals surface area contributed by atoms with Crippen LogP contribution in [0.5, 0.6) is 0 Å². The van der Waals surface area contributed by atoms with E-state index >= 15 is 0 Å². The maximum absolute atomic E-state index is 13.7. The second-order valence-electron chi connectivity index (χ2n) is 4.95. The Labute approximate surface area is 120 Å². The van der Waals surface area contributed by atoms with Gasteiger partial charge in [0.2, 0.25) is 15.8 Å². The molecule has 2 rings (SSSR count). The van der Waals surface area contributed by atoms with E-state index in [-0.39, 0.29) is 12.1 Å². The van der Waals surface area contributed by atoms with Gasteiger partial charge in [-0.3, -0.25) is 10.1 Å². The van der Waals surface area contributed by atoms with Crippen molar-refractivity contribution in [1.82, 2.24) is 4.72 Å². The Balaban J connectivity index is 2.34. The molecule has 0 atom stereocenters. The Hall–Kier alpha value is -1.61. The summed E-state index contributed by atoms with van der Waals surface area (Å²) in [7, 11) is -4.26. The molecule has 0 spiro atoms. The van der Waals surface area contributed by atoms with E-state index in [2.05, 4.69) is 4.72 Å². The van der Waals surface area contributed by atoms with Crippen LogP contribution >= 0.6 is 0 Å². The van der Waals surface area contributed by atoms with Gasteiger partial charge in [0.1, 0.15) is 10.7 Å². The Morgan fingerprint density at radius 2 is 1.76 bits per heavy atom. The van der Waals surface area contributed by atoms with Gasteiger partial charge in [0, 0.05) is 18.2 Å². The SMILES string of the molecule is O=[N+]([O-])c1cc(S(=O)(=O)NC2CCCCC2)c(F)cc1F. The van der Waals surface area contributed by atoms with Crippen LogP contribution in [0.1, 0.15) is 32.1 Å². The lowest BCUT2D eigenvalue weighted by atomic mass is 9.96. The van der Waals surface area contributed by atoms with Gasteiger partial charge in [0.05, 0.1) is 4.92 Å². The van der Waals surface area contributed by atoms with Gasteiger partial charge in [-0.2, -0.15) is 4.39 Å².